The third-order valence-corrected chi connectivity index (χ3v) is 5.16. The molecule has 1 aliphatic rings. The molecule has 3 aromatic rings. The summed E-state index contributed by atoms with van der Waals surface area (Å²) in [5, 5.41) is 5.95. The second-order valence-electron chi connectivity index (χ2n) is 7.37. The molecule has 0 unspecified atom stereocenters. The Morgan fingerprint density at radius 3 is 2.69 bits per heavy atom. The molecule has 29 heavy (non-hydrogen) atoms. The molecule has 150 valence electrons. The van der Waals surface area contributed by atoms with Gasteiger partial charge in [-0.1, -0.05) is 6.92 Å². The average Bonchev–Trinajstić information content (AvgIpc) is 3.27. The maximum absolute atomic E-state index is 12.6. The highest BCUT2D eigenvalue weighted by Crippen LogP contribution is 2.24. The molecular weight excluding hydrogens is 366 g/mol. The monoisotopic (exact) mass is 391 g/mol. The number of hydrogen-bond donors (Lipinski definition) is 2. The van der Waals surface area contributed by atoms with Gasteiger partial charge in [0, 0.05) is 30.7 Å². The van der Waals surface area contributed by atoms with Crippen molar-refractivity contribution in [3.05, 3.63) is 66.4 Å². The third kappa shape index (κ3) is 4.93. The van der Waals surface area contributed by atoms with E-state index in [1.165, 1.54) is 18.5 Å². The molecule has 1 amide bonds. The smallest absolute Gasteiger partial charge is 0.274 e. The third-order valence-electron chi connectivity index (χ3n) is 5.16. The fraction of sp³-hybridized carbons (Fsp3) is 0.318. The summed E-state index contributed by atoms with van der Waals surface area (Å²) >= 11 is 0. The van der Waals surface area contributed by atoms with E-state index in [2.05, 4.69) is 44.6 Å². The summed E-state index contributed by atoms with van der Waals surface area (Å²) in [6, 6.07) is 13.3. The van der Waals surface area contributed by atoms with E-state index in [0.29, 0.717) is 18.2 Å². The number of piperidine rings is 1. The van der Waals surface area contributed by atoms with Crippen LogP contribution in [-0.4, -0.2) is 29.0 Å². The van der Waals surface area contributed by atoms with Crippen LogP contribution >= 0.6 is 0 Å². The van der Waals surface area contributed by atoms with Crippen molar-refractivity contribution in [2.24, 2.45) is 5.92 Å². The van der Waals surface area contributed by atoms with Gasteiger partial charge < -0.3 is 20.0 Å². The number of amides is 1. The van der Waals surface area contributed by atoms with Crippen molar-refractivity contribution in [3.8, 4) is 0 Å². The Morgan fingerprint density at radius 1 is 1.17 bits per heavy atom. The van der Waals surface area contributed by atoms with Gasteiger partial charge in [-0.2, -0.15) is 0 Å². The molecule has 1 saturated heterocycles. The Balaban J connectivity index is 1.35. The molecule has 3 heterocycles. The van der Waals surface area contributed by atoms with Crippen LogP contribution in [0.5, 0.6) is 0 Å². The SMILES string of the molecule is CC1CCN(c2ccc(NC(=O)c3ccnc(NCc4ccco4)n3)cc2)CC1. The highest BCUT2D eigenvalue weighted by Gasteiger charge is 2.16. The second kappa shape index (κ2) is 8.77. The first-order chi connectivity index (χ1) is 14.2. The standard InChI is InChI=1S/C22H25N5O2/c1-16-9-12-27(13-10-16)18-6-4-17(5-7-18)25-21(28)20-8-11-23-22(26-20)24-15-19-3-2-14-29-19/h2-8,11,14,16H,9-10,12-13,15H2,1H3,(H,25,28)(H,23,24,26). The van der Waals surface area contributed by atoms with Gasteiger partial charge in [-0.25, -0.2) is 9.97 Å². The number of anilines is 3. The van der Waals surface area contributed by atoms with Crippen molar-refractivity contribution in [2.75, 3.05) is 28.6 Å². The molecule has 0 radical (unpaired) electrons. The van der Waals surface area contributed by atoms with Crippen molar-refractivity contribution in [1.29, 1.82) is 0 Å². The number of rotatable bonds is 6. The summed E-state index contributed by atoms with van der Waals surface area (Å²) in [6.45, 7) is 4.93. The fourth-order valence-corrected chi connectivity index (χ4v) is 3.37. The minimum atomic E-state index is -0.270. The van der Waals surface area contributed by atoms with E-state index in [0.717, 1.165) is 30.5 Å². The highest BCUT2D eigenvalue weighted by atomic mass is 16.3. The molecule has 1 aromatic carbocycles. The van der Waals surface area contributed by atoms with Crippen LogP contribution in [0.3, 0.4) is 0 Å². The first-order valence-corrected chi connectivity index (χ1v) is 9.93. The lowest BCUT2D eigenvalue weighted by atomic mass is 9.99. The summed E-state index contributed by atoms with van der Waals surface area (Å²) in [6.07, 6.45) is 5.62. The van der Waals surface area contributed by atoms with E-state index >= 15 is 0 Å². The second-order valence-corrected chi connectivity index (χ2v) is 7.37. The lowest BCUT2D eigenvalue weighted by Crippen LogP contribution is -2.32. The molecular formula is C22H25N5O2. The van der Waals surface area contributed by atoms with Crippen molar-refractivity contribution in [3.63, 3.8) is 0 Å². The number of furan rings is 1. The highest BCUT2D eigenvalue weighted by molar-refractivity contribution is 6.03. The average molecular weight is 391 g/mol. The molecule has 1 fully saturated rings. The summed E-state index contributed by atoms with van der Waals surface area (Å²) < 4.78 is 5.27. The summed E-state index contributed by atoms with van der Waals surface area (Å²) in [7, 11) is 0. The lowest BCUT2D eigenvalue weighted by Gasteiger charge is -2.32. The van der Waals surface area contributed by atoms with Crippen LogP contribution in [0.25, 0.3) is 0 Å². The molecule has 2 N–H and O–H groups in total. The Kier molecular flexibility index (Phi) is 5.74. The molecule has 0 saturated carbocycles. The first-order valence-electron chi connectivity index (χ1n) is 9.93. The van der Waals surface area contributed by atoms with Crippen LogP contribution in [0.4, 0.5) is 17.3 Å². The van der Waals surface area contributed by atoms with Gasteiger partial charge >= 0.3 is 0 Å². The van der Waals surface area contributed by atoms with Crippen molar-refractivity contribution < 1.29 is 9.21 Å². The van der Waals surface area contributed by atoms with E-state index < -0.39 is 0 Å². The molecule has 0 atom stereocenters. The Bertz CT molecular complexity index is 932. The predicted octanol–water partition coefficient (Wildman–Crippen LogP) is 4.17. The number of carbonyl (C=O) groups excluding carboxylic acids is 1. The van der Waals surface area contributed by atoms with Crippen molar-refractivity contribution >= 4 is 23.2 Å². The summed E-state index contributed by atoms with van der Waals surface area (Å²) in [5.41, 5.74) is 2.24. The maximum atomic E-state index is 12.6. The number of hydrogen-bond acceptors (Lipinski definition) is 6. The molecule has 7 nitrogen and oxygen atoms in total. The molecule has 7 heteroatoms. The zero-order chi connectivity index (χ0) is 20.1. The van der Waals surface area contributed by atoms with Gasteiger partial charge in [0.25, 0.3) is 5.91 Å². The van der Waals surface area contributed by atoms with Crippen LogP contribution in [0.1, 0.15) is 36.0 Å². The summed E-state index contributed by atoms with van der Waals surface area (Å²) in [5.74, 6) is 1.68. The Morgan fingerprint density at radius 2 is 1.97 bits per heavy atom. The minimum Gasteiger partial charge on any atom is -0.467 e. The normalized spacial score (nSPS) is 14.6. The molecule has 1 aliphatic heterocycles. The number of nitrogens with one attached hydrogen (secondary N) is 2. The van der Waals surface area contributed by atoms with E-state index in [9.17, 15) is 4.79 Å². The molecule has 0 aliphatic carbocycles. The maximum Gasteiger partial charge on any atom is 0.274 e. The van der Waals surface area contributed by atoms with Gasteiger partial charge in [-0.05, 0) is 61.2 Å². The van der Waals surface area contributed by atoms with E-state index in [-0.39, 0.29) is 5.91 Å². The van der Waals surface area contributed by atoms with Gasteiger partial charge in [0.05, 0.1) is 12.8 Å². The number of benzene rings is 1. The van der Waals surface area contributed by atoms with Crippen LogP contribution in [-0.2, 0) is 6.54 Å². The van der Waals surface area contributed by atoms with Gasteiger partial charge in [0.2, 0.25) is 5.95 Å². The van der Waals surface area contributed by atoms with E-state index in [4.69, 9.17) is 4.42 Å². The summed E-state index contributed by atoms with van der Waals surface area (Å²) in [4.78, 5) is 23.4. The van der Waals surface area contributed by atoms with Crippen LogP contribution in [0.15, 0.2) is 59.3 Å². The predicted molar refractivity (Wildman–Crippen MR) is 113 cm³/mol. The van der Waals surface area contributed by atoms with Crippen LogP contribution in [0, 0.1) is 5.92 Å². The quantitative estimate of drug-likeness (QED) is 0.656. The van der Waals surface area contributed by atoms with Gasteiger partial charge in [0.15, 0.2) is 0 Å². The lowest BCUT2D eigenvalue weighted by molar-refractivity contribution is 0.102. The van der Waals surface area contributed by atoms with Crippen LogP contribution in [0.2, 0.25) is 0 Å². The zero-order valence-corrected chi connectivity index (χ0v) is 16.5. The van der Waals surface area contributed by atoms with Crippen molar-refractivity contribution in [2.45, 2.75) is 26.3 Å². The van der Waals surface area contributed by atoms with E-state index in [1.54, 1.807) is 18.5 Å². The fourth-order valence-electron chi connectivity index (χ4n) is 3.37. The van der Waals surface area contributed by atoms with Gasteiger partial charge in [-0.3, -0.25) is 4.79 Å². The molecule has 0 spiro atoms. The number of aromatic nitrogens is 2. The minimum absolute atomic E-state index is 0.270. The van der Waals surface area contributed by atoms with Gasteiger partial charge in [0.1, 0.15) is 11.5 Å². The molecule has 0 bridgehead atoms. The zero-order valence-electron chi connectivity index (χ0n) is 16.5. The van der Waals surface area contributed by atoms with Gasteiger partial charge in [-0.15, -0.1) is 0 Å². The van der Waals surface area contributed by atoms with Crippen LogP contribution < -0.4 is 15.5 Å². The number of nitrogens with zero attached hydrogens (tertiary/aromatic N) is 3. The molecule has 4 rings (SSSR count). The first kappa shape index (κ1) is 19.0. The topological polar surface area (TPSA) is 83.3 Å². The Labute approximate surface area is 170 Å². The van der Waals surface area contributed by atoms with Crippen molar-refractivity contribution in [1.82, 2.24) is 9.97 Å². The largest absolute Gasteiger partial charge is 0.467 e. The van der Waals surface area contributed by atoms with E-state index in [1.807, 2.05) is 24.3 Å². The molecule has 2 aromatic heterocycles. The number of carbonyl (C=O) groups is 1. The Hall–Kier alpha value is -3.35.